The fraction of sp³-hybridized carbons (Fsp3) is 0.312. The van der Waals surface area contributed by atoms with Crippen molar-refractivity contribution in [3.63, 3.8) is 0 Å². The van der Waals surface area contributed by atoms with E-state index in [0.717, 1.165) is 17.7 Å². The van der Waals surface area contributed by atoms with E-state index in [1.165, 1.54) is 5.56 Å². The summed E-state index contributed by atoms with van der Waals surface area (Å²) in [5, 5.41) is 9.18. The lowest BCUT2D eigenvalue weighted by Crippen LogP contribution is -2.04. The fourth-order valence-electron chi connectivity index (χ4n) is 2.95. The molecule has 0 amide bonds. The van der Waals surface area contributed by atoms with Gasteiger partial charge in [0.2, 0.25) is 0 Å². The number of hydrogen-bond donors (Lipinski definition) is 1. The summed E-state index contributed by atoms with van der Waals surface area (Å²) in [4.78, 5) is 0. The Morgan fingerprint density at radius 2 is 1.95 bits per heavy atom. The predicted molar refractivity (Wildman–Crippen MR) is 75.9 cm³/mol. The highest BCUT2D eigenvalue weighted by Gasteiger charge is 2.42. The van der Waals surface area contributed by atoms with Crippen LogP contribution in [0.25, 0.3) is 0 Å². The molecular formula is C16H17N3. The van der Waals surface area contributed by atoms with E-state index in [1.807, 2.05) is 19.9 Å². The number of nitrogens with two attached hydrogens (primary N) is 1. The average molecular weight is 251 g/mol. The highest BCUT2D eigenvalue weighted by atomic mass is 15.1. The van der Waals surface area contributed by atoms with E-state index in [9.17, 15) is 5.26 Å². The first-order valence-corrected chi connectivity index (χ1v) is 6.57. The summed E-state index contributed by atoms with van der Waals surface area (Å²) in [6.45, 7) is 4.02. The van der Waals surface area contributed by atoms with Crippen molar-refractivity contribution in [2.75, 3.05) is 5.73 Å². The molecule has 2 N–H and O–H groups in total. The Kier molecular flexibility index (Phi) is 2.60. The van der Waals surface area contributed by atoms with Gasteiger partial charge in [0, 0.05) is 17.7 Å². The zero-order valence-corrected chi connectivity index (χ0v) is 11.2. The number of nitriles is 1. The minimum absolute atomic E-state index is 0.406. The molecule has 1 aliphatic rings. The molecule has 0 radical (unpaired) electrons. The van der Waals surface area contributed by atoms with Crippen LogP contribution in [0.4, 0.5) is 5.82 Å². The largest absolute Gasteiger partial charge is 0.384 e. The zero-order valence-electron chi connectivity index (χ0n) is 11.2. The topological polar surface area (TPSA) is 54.7 Å². The third kappa shape index (κ3) is 1.72. The van der Waals surface area contributed by atoms with Crippen LogP contribution in [0.5, 0.6) is 0 Å². The first-order chi connectivity index (χ1) is 9.15. The maximum Gasteiger partial charge on any atom is 0.122 e. The second-order valence-corrected chi connectivity index (χ2v) is 5.27. The molecule has 96 valence electrons. The molecule has 0 saturated heterocycles. The fourth-order valence-corrected chi connectivity index (χ4v) is 2.95. The van der Waals surface area contributed by atoms with E-state index in [-0.39, 0.29) is 0 Å². The first-order valence-electron chi connectivity index (χ1n) is 6.57. The zero-order chi connectivity index (χ0) is 13.6. The molecule has 1 aliphatic carbocycles. The second-order valence-electron chi connectivity index (χ2n) is 5.27. The van der Waals surface area contributed by atoms with Crippen molar-refractivity contribution < 1.29 is 0 Å². The Bertz CT molecular complexity index is 662. The number of nitrogens with zero attached hydrogens (tertiary/aromatic N) is 2. The van der Waals surface area contributed by atoms with Gasteiger partial charge < -0.3 is 10.3 Å². The van der Waals surface area contributed by atoms with Crippen molar-refractivity contribution in [2.45, 2.75) is 32.2 Å². The van der Waals surface area contributed by atoms with Crippen molar-refractivity contribution in [1.82, 2.24) is 4.57 Å². The van der Waals surface area contributed by atoms with Gasteiger partial charge in [0.25, 0.3) is 0 Å². The molecule has 0 bridgehead atoms. The highest BCUT2D eigenvalue weighted by molar-refractivity contribution is 5.58. The molecule has 1 fully saturated rings. The number of benzene rings is 1. The monoisotopic (exact) mass is 251 g/mol. The van der Waals surface area contributed by atoms with Gasteiger partial charge in [-0.1, -0.05) is 30.3 Å². The molecule has 1 heterocycles. The predicted octanol–water partition coefficient (Wildman–Crippen LogP) is 3.29. The molecule has 19 heavy (non-hydrogen) atoms. The van der Waals surface area contributed by atoms with Crippen molar-refractivity contribution in [2.24, 2.45) is 0 Å². The molecule has 2 atom stereocenters. The van der Waals surface area contributed by atoms with Crippen LogP contribution in [0.15, 0.2) is 30.3 Å². The van der Waals surface area contributed by atoms with Crippen LogP contribution in [0.3, 0.4) is 0 Å². The first kappa shape index (κ1) is 11.9. The highest BCUT2D eigenvalue weighted by Crippen LogP contribution is 2.53. The molecule has 1 saturated carbocycles. The number of rotatable bonds is 2. The summed E-state index contributed by atoms with van der Waals surface area (Å²) in [5.74, 6) is 1.15. The van der Waals surface area contributed by atoms with Gasteiger partial charge in [-0.15, -0.1) is 0 Å². The van der Waals surface area contributed by atoms with Crippen LogP contribution in [-0.4, -0.2) is 4.57 Å². The summed E-state index contributed by atoms with van der Waals surface area (Å²) in [5.41, 5.74) is 10.3. The molecule has 2 aromatic rings. The summed E-state index contributed by atoms with van der Waals surface area (Å²) < 4.78 is 2.14. The van der Waals surface area contributed by atoms with E-state index in [1.54, 1.807) is 0 Å². The van der Waals surface area contributed by atoms with Gasteiger partial charge in [-0.05, 0) is 31.4 Å². The van der Waals surface area contributed by atoms with Gasteiger partial charge in [0.05, 0.1) is 5.56 Å². The Balaban J connectivity index is 1.97. The van der Waals surface area contributed by atoms with Gasteiger partial charge in [-0.2, -0.15) is 5.26 Å². The number of nitrogen functional groups attached to an aromatic ring is 1. The van der Waals surface area contributed by atoms with Crippen LogP contribution in [0, 0.1) is 25.2 Å². The van der Waals surface area contributed by atoms with Crippen LogP contribution in [0.1, 0.15) is 40.8 Å². The second kappa shape index (κ2) is 4.17. The maximum atomic E-state index is 9.18. The molecule has 0 aliphatic heterocycles. The molecule has 3 heteroatoms. The Morgan fingerprint density at radius 3 is 2.53 bits per heavy atom. The van der Waals surface area contributed by atoms with E-state index in [4.69, 9.17) is 5.73 Å². The van der Waals surface area contributed by atoms with E-state index < -0.39 is 0 Å². The van der Waals surface area contributed by atoms with Crippen LogP contribution < -0.4 is 5.73 Å². The summed E-state index contributed by atoms with van der Waals surface area (Å²) in [6.07, 6.45) is 1.11. The van der Waals surface area contributed by atoms with Crippen LogP contribution >= 0.6 is 0 Å². The number of hydrogen-bond acceptors (Lipinski definition) is 2. The van der Waals surface area contributed by atoms with Crippen molar-refractivity contribution in [3.05, 3.63) is 52.7 Å². The van der Waals surface area contributed by atoms with Crippen molar-refractivity contribution in [3.8, 4) is 6.07 Å². The summed E-state index contributed by atoms with van der Waals surface area (Å²) >= 11 is 0. The Morgan fingerprint density at radius 1 is 1.26 bits per heavy atom. The van der Waals surface area contributed by atoms with E-state index in [2.05, 4.69) is 34.9 Å². The minimum Gasteiger partial charge on any atom is -0.384 e. The normalized spacial score (nSPS) is 21.1. The Labute approximate surface area is 113 Å². The molecule has 1 aromatic heterocycles. The van der Waals surface area contributed by atoms with Crippen molar-refractivity contribution >= 4 is 5.82 Å². The third-order valence-electron chi connectivity index (χ3n) is 4.22. The summed E-state index contributed by atoms with van der Waals surface area (Å²) in [7, 11) is 0. The third-order valence-corrected chi connectivity index (χ3v) is 4.22. The molecule has 3 nitrogen and oxygen atoms in total. The molecular weight excluding hydrogens is 234 g/mol. The summed E-state index contributed by atoms with van der Waals surface area (Å²) in [6, 6.07) is 13.1. The van der Waals surface area contributed by atoms with E-state index in [0.29, 0.717) is 23.3 Å². The minimum atomic E-state index is 0.406. The Hall–Kier alpha value is -2.21. The standard InChI is InChI=1S/C16H17N3/c1-10-11(2)19(16(18)14(10)9-17)15-8-13(15)12-6-4-3-5-7-12/h3-7,13,15H,8,18H2,1-2H3. The van der Waals surface area contributed by atoms with Gasteiger partial charge in [-0.3, -0.25) is 0 Å². The van der Waals surface area contributed by atoms with Crippen LogP contribution in [-0.2, 0) is 0 Å². The van der Waals surface area contributed by atoms with Crippen LogP contribution in [0.2, 0.25) is 0 Å². The van der Waals surface area contributed by atoms with Gasteiger partial charge in [0.15, 0.2) is 0 Å². The lowest BCUT2D eigenvalue weighted by Gasteiger charge is -2.09. The lowest BCUT2D eigenvalue weighted by atomic mass is 10.1. The number of aromatic nitrogens is 1. The molecule has 1 aromatic carbocycles. The lowest BCUT2D eigenvalue weighted by molar-refractivity contribution is 0.707. The quantitative estimate of drug-likeness (QED) is 0.890. The smallest absolute Gasteiger partial charge is 0.122 e. The number of anilines is 1. The molecule has 0 spiro atoms. The average Bonchev–Trinajstić information content (AvgIpc) is 3.16. The SMILES string of the molecule is Cc1c(C#N)c(N)n(C2CC2c2ccccc2)c1C. The van der Waals surface area contributed by atoms with Gasteiger partial charge in [-0.25, -0.2) is 0 Å². The van der Waals surface area contributed by atoms with Gasteiger partial charge in [0.1, 0.15) is 11.9 Å². The molecule has 2 unspecified atom stereocenters. The maximum absolute atomic E-state index is 9.18. The van der Waals surface area contributed by atoms with E-state index >= 15 is 0 Å². The molecule has 3 rings (SSSR count). The van der Waals surface area contributed by atoms with Crippen molar-refractivity contribution in [1.29, 1.82) is 5.26 Å². The van der Waals surface area contributed by atoms with Gasteiger partial charge >= 0.3 is 0 Å².